The van der Waals surface area contributed by atoms with Crippen molar-refractivity contribution in [3.05, 3.63) is 27.6 Å². The van der Waals surface area contributed by atoms with Gasteiger partial charge in [0.05, 0.1) is 16.5 Å². The van der Waals surface area contributed by atoms with E-state index in [-0.39, 0.29) is 21.4 Å². The van der Waals surface area contributed by atoms with Crippen LogP contribution in [0, 0.1) is 0 Å². The zero-order chi connectivity index (χ0) is 14.0. The van der Waals surface area contributed by atoms with Gasteiger partial charge < -0.3 is 9.84 Å². The van der Waals surface area contributed by atoms with Crippen LogP contribution >= 0.6 is 23.4 Å². The molecule has 0 atom stereocenters. The first-order chi connectivity index (χ1) is 9.01. The fourth-order valence-electron chi connectivity index (χ4n) is 1.52. The molecular formula is C12H10ClNO4S. The van der Waals surface area contributed by atoms with Gasteiger partial charge in [0.1, 0.15) is 0 Å². The number of benzene rings is 1. The van der Waals surface area contributed by atoms with Crippen molar-refractivity contribution in [2.75, 3.05) is 6.61 Å². The second-order valence-electron chi connectivity index (χ2n) is 3.63. The van der Waals surface area contributed by atoms with Crippen molar-refractivity contribution in [3.63, 3.8) is 0 Å². The van der Waals surface area contributed by atoms with Crippen LogP contribution in [-0.2, 0) is 4.79 Å². The Labute approximate surface area is 118 Å². The highest BCUT2D eigenvalue weighted by molar-refractivity contribution is 8.18. The Morgan fingerprint density at radius 2 is 2.21 bits per heavy atom. The molecule has 0 aliphatic carbocycles. The second-order valence-corrected chi connectivity index (χ2v) is 5.06. The monoisotopic (exact) mass is 299 g/mol. The predicted octanol–water partition coefficient (Wildman–Crippen LogP) is 2.77. The number of rotatable bonds is 3. The number of thioether (sulfide) groups is 1. The average Bonchev–Trinajstić information content (AvgIpc) is 2.64. The topological polar surface area (TPSA) is 75.6 Å². The van der Waals surface area contributed by atoms with Gasteiger partial charge in [-0.15, -0.1) is 0 Å². The molecule has 2 N–H and O–H groups in total. The van der Waals surface area contributed by atoms with Crippen LogP contribution in [0.3, 0.4) is 0 Å². The third kappa shape index (κ3) is 3.02. The summed E-state index contributed by atoms with van der Waals surface area (Å²) in [5, 5.41) is 11.6. The van der Waals surface area contributed by atoms with Crippen molar-refractivity contribution >= 4 is 40.6 Å². The van der Waals surface area contributed by atoms with Crippen molar-refractivity contribution < 1.29 is 19.4 Å². The maximum Gasteiger partial charge on any atom is 0.290 e. The molecule has 100 valence electrons. The van der Waals surface area contributed by atoms with Crippen LogP contribution in [-0.4, -0.2) is 22.9 Å². The van der Waals surface area contributed by atoms with E-state index in [1.165, 1.54) is 12.1 Å². The molecule has 7 heteroatoms. The largest absolute Gasteiger partial charge is 0.503 e. The fraction of sp³-hybridized carbons (Fsp3) is 0.167. The van der Waals surface area contributed by atoms with Gasteiger partial charge in [-0.1, -0.05) is 11.6 Å². The van der Waals surface area contributed by atoms with Crippen LogP contribution in [0.2, 0.25) is 5.02 Å². The van der Waals surface area contributed by atoms with Crippen molar-refractivity contribution in [3.8, 4) is 11.5 Å². The molecule has 0 spiro atoms. The van der Waals surface area contributed by atoms with Crippen LogP contribution in [0.1, 0.15) is 12.5 Å². The van der Waals surface area contributed by atoms with Crippen LogP contribution in [0.5, 0.6) is 11.5 Å². The van der Waals surface area contributed by atoms with Crippen molar-refractivity contribution in [2.45, 2.75) is 6.92 Å². The average molecular weight is 300 g/mol. The summed E-state index contributed by atoms with van der Waals surface area (Å²) in [6.07, 6.45) is 1.51. The van der Waals surface area contributed by atoms with Gasteiger partial charge in [0.2, 0.25) is 0 Å². The maximum atomic E-state index is 11.4. The summed E-state index contributed by atoms with van der Waals surface area (Å²) < 4.78 is 5.23. The molecule has 1 heterocycles. The summed E-state index contributed by atoms with van der Waals surface area (Å²) in [4.78, 5) is 22.7. The number of imide groups is 1. The Kier molecular flexibility index (Phi) is 4.01. The molecule has 2 rings (SSSR count). The number of nitrogens with one attached hydrogen (secondary N) is 1. The van der Waals surface area contributed by atoms with E-state index in [2.05, 4.69) is 5.32 Å². The highest BCUT2D eigenvalue weighted by Crippen LogP contribution is 2.36. The Bertz CT molecular complexity index is 585. The summed E-state index contributed by atoms with van der Waals surface area (Å²) in [7, 11) is 0. The van der Waals surface area contributed by atoms with Gasteiger partial charge in [0.25, 0.3) is 11.1 Å². The lowest BCUT2D eigenvalue weighted by molar-refractivity contribution is -0.115. The van der Waals surface area contributed by atoms with Gasteiger partial charge in [-0.2, -0.15) is 0 Å². The number of hydrogen-bond acceptors (Lipinski definition) is 5. The first-order valence-corrected chi connectivity index (χ1v) is 6.61. The minimum atomic E-state index is -0.447. The smallest absolute Gasteiger partial charge is 0.290 e. The molecule has 5 nitrogen and oxygen atoms in total. The first kappa shape index (κ1) is 13.8. The zero-order valence-corrected chi connectivity index (χ0v) is 11.5. The molecule has 0 aromatic heterocycles. The number of phenolic OH excluding ortho intramolecular Hbond substituents is 1. The third-order valence-corrected chi connectivity index (χ3v) is 3.39. The minimum Gasteiger partial charge on any atom is -0.503 e. The molecular weight excluding hydrogens is 290 g/mol. The van der Waals surface area contributed by atoms with Crippen molar-refractivity contribution in [2.24, 2.45) is 0 Å². The third-order valence-electron chi connectivity index (χ3n) is 2.29. The number of carbonyl (C=O) groups is 2. The molecule has 1 aliphatic rings. The first-order valence-electron chi connectivity index (χ1n) is 5.41. The minimum absolute atomic E-state index is 0.118. The van der Waals surface area contributed by atoms with E-state index in [1.807, 2.05) is 0 Å². The number of phenols is 1. The summed E-state index contributed by atoms with van der Waals surface area (Å²) in [6.45, 7) is 2.15. The maximum absolute atomic E-state index is 11.4. The molecule has 0 radical (unpaired) electrons. The van der Waals surface area contributed by atoms with Gasteiger partial charge in [0.15, 0.2) is 11.5 Å². The number of ether oxygens (including phenoxy) is 1. The van der Waals surface area contributed by atoms with E-state index >= 15 is 0 Å². The highest BCUT2D eigenvalue weighted by Gasteiger charge is 2.25. The van der Waals surface area contributed by atoms with Gasteiger partial charge in [0, 0.05) is 0 Å². The Hall–Kier alpha value is -1.66. The number of aromatic hydroxyl groups is 1. The lowest BCUT2D eigenvalue weighted by Gasteiger charge is -2.08. The van der Waals surface area contributed by atoms with Gasteiger partial charge >= 0.3 is 0 Å². The Morgan fingerprint density at radius 3 is 2.79 bits per heavy atom. The Morgan fingerprint density at radius 1 is 1.47 bits per heavy atom. The molecule has 1 aliphatic heterocycles. The molecule has 0 bridgehead atoms. The van der Waals surface area contributed by atoms with Crippen molar-refractivity contribution in [1.29, 1.82) is 0 Å². The molecule has 0 unspecified atom stereocenters. The molecule has 2 amide bonds. The number of halogens is 1. The van der Waals surface area contributed by atoms with E-state index in [0.29, 0.717) is 12.2 Å². The van der Waals surface area contributed by atoms with E-state index in [9.17, 15) is 14.7 Å². The standard InChI is InChI=1S/C12H10ClNO4S/c1-2-18-8-4-6(3-7(13)10(8)15)5-9-11(16)14-12(17)19-9/h3-5,15H,2H2,1H3,(H,14,16,17). The van der Waals surface area contributed by atoms with Crippen LogP contribution in [0.25, 0.3) is 6.08 Å². The normalized spacial score (nSPS) is 16.8. The summed E-state index contributed by atoms with van der Waals surface area (Å²) in [5.74, 6) is -0.362. The van der Waals surface area contributed by atoms with Gasteiger partial charge in [-0.3, -0.25) is 14.9 Å². The summed E-state index contributed by atoms with van der Waals surface area (Å²) >= 11 is 6.68. The van der Waals surface area contributed by atoms with E-state index in [4.69, 9.17) is 16.3 Å². The lowest BCUT2D eigenvalue weighted by atomic mass is 10.2. The zero-order valence-electron chi connectivity index (χ0n) is 9.90. The number of amides is 2. The summed E-state index contributed by atoms with van der Waals surface area (Å²) in [5.41, 5.74) is 0.568. The molecule has 1 fully saturated rings. The van der Waals surface area contributed by atoms with E-state index < -0.39 is 11.1 Å². The van der Waals surface area contributed by atoms with Crippen LogP contribution in [0.4, 0.5) is 4.79 Å². The van der Waals surface area contributed by atoms with E-state index in [0.717, 1.165) is 11.8 Å². The van der Waals surface area contributed by atoms with Crippen LogP contribution in [0.15, 0.2) is 17.0 Å². The quantitative estimate of drug-likeness (QED) is 0.839. The second kappa shape index (κ2) is 5.54. The Balaban J connectivity index is 2.38. The fourth-order valence-corrected chi connectivity index (χ4v) is 2.42. The predicted molar refractivity (Wildman–Crippen MR) is 73.4 cm³/mol. The van der Waals surface area contributed by atoms with E-state index in [1.54, 1.807) is 13.0 Å². The van der Waals surface area contributed by atoms with Gasteiger partial charge in [-0.05, 0) is 42.5 Å². The summed E-state index contributed by atoms with van der Waals surface area (Å²) in [6, 6.07) is 3.04. The molecule has 0 saturated carbocycles. The molecule has 1 saturated heterocycles. The van der Waals surface area contributed by atoms with Crippen molar-refractivity contribution in [1.82, 2.24) is 5.32 Å². The molecule has 1 aromatic carbocycles. The SMILES string of the molecule is CCOc1cc(C=C2SC(=O)NC2=O)cc(Cl)c1O. The highest BCUT2D eigenvalue weighted by atomic mass is 35.5. The van der Waals surface area contributed by atoms with Crippen LogP contribution < -0.4 is 10.1 Å². The molecule has 1 aromatic rings. The van der Waals surface area contributed by atoms with Gasteiger partial charge in [-0.25, -0.2) is 0 Å². The molecule has 19 heavy (non-hydrogen) atoms. The number of hydrogen-bond donors (Lipinski definition) is 2. The number of carbonyl (C=O) groups excluding carboxylic acids is 2. The lowest BCUT2D eigenvalue weighted by Crippen LogP contribution is -2.17.